The average molecular weight is 790 g/mol. The number of Topliss-reactive ketones (excluding diaryl/α,β-unsaturated/α-hetero) is 1. The summed E-state index contributed by atoms with van der Waals surface area (Å²) in [6.07, 6.45) is 9.64. The Morgan fingerprint density at radius 2 is 1.64 bits per heavy atom. The van der Waals surface area contributed by atoms with Gasteiger partial charge in [0.15, 0.2) is 11.6 Å². The molecule has 5 aliphatic heterocycles. The summed E-state index contributed by atoms with van der Waals surface area (Å²) in [5.41, 5.74) is -1.52. The van der Waals surface area contributed by atoms with Crippen molar-refractivity contribution in [2.75, 3.05) is 6.54 Å². The number of ketones is 1. The summed E-state index contributed by atoms with van der Waals surface area (Å²) in [5.74, 6) is -5.18. The van der Waals surface area contributed by atoms with Gasteiger partial charge in [-0.15, -0.1) is 6.58 Å². The van der Waals surface area contributed by atoms with Gasteiger partial charge < -0.3 is 44.3 Å². The van der Waals surface area contributed by atoms with Gasteiger partial charge in [-0.2, -0.15) is 0 Å². The van der Waals surface area contributed by atoms with Crippen molar-refractivity contribution in [1.29, 1.82) is 0 Å². The van der Waals surface area contributed by atoms with E-state index in [1.807, 2.05) is 46.8 Å². The Morgan fingerprint density at radius 1 is 0.946 bits per heavy atom. The molecule has 0 saturated carbocycles. The highest BCUT2D eigenvalue weighted by atomic mass is 16.8. The van der Waals surface area contributed by atoms with E-state index in [4.69, 9.17) is 23.7 Å². The number of carbonyl (C=O) groups excluding carboxylic acids is 1. The number of carboxylic acids is 1. The maximum Gasteiger partial charge on any atom is 0.309 e. The molecule has 4 N–H and O–H groups in total. The fourth-order valence-electron chi connectivity index (χ4n) is 10.9. The summed E-state index contributed by atoms with van der Waals surface area (Å²) in [7, 11) is 0. The van der Waals surface area contributed by atoms with E-state index in [1.165, 1.54) is 0 Å². The quantitative estimate of drug-likeness (QED) is 0.127. The molecule has 5 aliphatic rings. The van der Waals surface area contributed by atoms with Gasteiger partial charge in [0.2, 0.25) is 0 Å². The Hall–Kier alpha value is -1.70. The van der Waals surface area contributed by atoms with Gasteiger partial charge in [0, 0.05) is 36.6 Å². The van der Waals surface area contributed by atoms with Crippen molar-refractivity contribution in [2.24, 2.45) is 41.4 Å². The lowest BCUT2D eigenvalue weighted by atomic mass is 9.72. The molecule has 5 rings (SSSR count). The number of aliphatic hydroxyl groups excluding tert-OH is 1. The van der Waals surface area contributed by atoms with Crippen molar-refractivity contribution in [2.45, 2.75) is 199 Å². The van der Waals surface area contributed by atoms with Crippen molar-refractivity contribution in [3.8, 4) is 0 Å². The minimum Gasteiger partial charge on any atom is -0.481 e. The summed E-state index contributed by atoms with van der Waals surface area (Å²) in [5, 5.41) is 36.3. The van der Waals surface area contributed by atoms with Crippen LogP contribution in [0.15, 0.2) is 24.8 Å². The monoisotopic (exact) mass is 790 g/mol. The number of rotatable bonds is 15. The van der Waals surface area contributed by atoms with Gasteiger partial charge in [-0.1, -0.05) is 67.5 Å². The molecule has 5 heterocycles. The second kappa shape index (κ2) is 17.9. The van der Waals surface area contributed by atoms with Crippen LogP contribution in [-0.2, 0) is 33.3 Å². The van der Waals surface area contributed by atoms with Crippen molar-refractivity contribution in [1.82, 2.24) is 5.32 Å². The molecule has 2 spiro atoms. The molecule has 0 amide bonds. The van der Waals surface area contributed by atoms with Crippen LogP contribution in [0.2, 0.25) is 0 Å². The number of nitrogens with one attached hydrogen (secondary N) is 1. The minimum absolute atomic E-state index is 0.0458. The van der Waals surface area contributed by atoms with E-state index in [9.17, 15) is 24.9 Å². The zero-order valence-electron chi connectivity index (χ0n) is 36.0. The molecule has 0 aromatic carbocycles. The fourth-order valence-corrected chi connectivity index (χ4v) is 10.9. The molecule has 320 valence electrons. The molecule has 4 saturated heterocycles. The molecule has 4 fully saturated rings. The normalized spacial score (nSPS) is 44.2. The SMILES string of the molecule is C=CCN[C@@H]1C=C[C@]2(O[C@H]([C@@H](CC)C(=O)[C@@H](C)[C@@H](O)[C@H](C)C3O[C@@H](C(CC)C(=O)O)CC[C@@H]3C)[C@@H](C)C[C@H]2C)O[C@@]12CC[C@@](C)([C@H]1CC[C@](O)(CC)[C@H](C)O1)O2. The van der Waals surface area contributed by atoms with E-state index in [0.717, 1.165) is 12.8 Å². The van der Waals surface area contributed by atoms with Crippen LogP contribution >= 0.6 is 0 Å². The molecular weight excluding hydrogens is 714 g/mol. The topological polar surface area (TPSA) is 153 Å². The molecule has 18 atom stereocenters. The zero-order valence-corrected chi connectivity index (χ0v) is 36.0. The molecule has 56 heavy (non-hydrogen) atoms. The van der Waals surface area contributed by atoms with Crippen LogP contribution < -0.4 is 5.32 Å². The molecule has 0 bridgehead atoms. The van der Waals surface area contributed by atoms with E-state index >= 15 is 0 Å². The van der Waals surface area contributed by atoms with Gasteiger partial charge in [-0.3, -0.25) is 9.59 Å². The van der Waals surface area contributed by atoms with Crippen LogP contribution in [0.1, 0.15) is 133 Å². The predicted octanol–water partition coefficient (Wildman–Crippen LogP) is 6.97. The van der Waals surface area contributed by atoms with E-state index < -0.39 is 64.8 Å². The lowest BCUT2D eigenvalue weighted by molar-refractivity contribution is -0.398. The van der Waals surface area contributed by atoms with Crippen LogP contribution in [0.3, 0.4) is 0 Å². The summed E-state index contributed by atoms with van der Waals surface area (Å²) in [6, 6.07) is -0.289. The predicted molar refractivity (Wildman–Crippen MR) is 215 cm³/mol. The fraction of sp³-hybridized carbons (Fsp3) is 0.867. The summed E-state index contributed by atoms with van der Waals surface area (Å²) >= 11 is 0. The Balaban J connectivity index is 1.36. The summed E-state index contributed by atoms with van der Waals surface area (Å²) in [6.45, 7) is 24.5. The van der Waals surface area contributed by atoms with Crippen molar-refractivity contribution >= 4 is 11.8 Å². The maximum absolute atomic E-state index is 14.6. The highest BCUT2D eigenvalue weighted by Crippen LogP contribution is 2.54. The van der Waals surface area contributed by atoms with Crippen LogP contribution in [-0.4, -0.2) is 99.1 Å². The summed E-state index contributed by atoms with van der Waals surface area (Å²) < 4.78 is 34.5. The first-order chi connectivity index (χ1) is 26.3. The van der Waals surface area contributed by atoms with E-state index in [-0.39, 0.29) is 53.8 Å². The minimum atomic E-state index is -1.15. The van der Waals surface area contributed by atoms with Crippen LogP contribution in [0.5, 0.6) is 0 Å². The average Bonchev–Trinajstić information content (AvgIpc) is 3.51. The van der Waals surface area contributed by atoms with Crippen molar-refractivity contribution in [3.63, 3.8) is 0 Å². The first-order valence-electron chi connectivity index (χ1n) is 21.9. The Labute approximate surface area is 336 Å². The van der Waals surface area contributed by atoms with Gasteiger partial charge in [-0.05, 0) is 89.5 Å². The lowest BCUT2D eigenvalue weighted by Gasteiger charge is -2.55. The number of hydrogen-bond acceptors (Lipinski definition) is 10. The van der Waals surface area contributed by atoms with Crippen molar-refractivity contribution < 1.29 is 48.6 Å². The van der Waals surface area contributed by atoms with Gasteiger partial charge >= 0.3 is 5.97 Å². The van der Waals surface area contributed by atoms with Gasteiger partial charge in [0.05, 0.1) is 59.8 Å². The molecule has 0 aromatic rings. The molecular formula is C45H75NO10. The van der Waals surface area contributed by atoms with E-state index in [2.05, 4.69) is 45.7 Å². The smallest absolute Gasteiger partial charge is 0.309 e. The highest BCUT2D eigenvalue weighted by Gasteiger charge is 2.63. The number of aliphatic hydroxyl groups is 2. The van der Waals surface area contributed by atoms with Crippen LogP contribution in [0.25, 0.3) is 0 Å². The standard InChI is InChI=1S/C45H75NO10/c1-12-24-46-35-18-21-44(56-45(35)23-22-42(11,55-45)36-19-20-43(51,15-4)31(10)52-36)28(7)25-27(6)40(54-44)33(14-3)38(48)29(8)37(47)30(9)39-26(5)16-17-34(53-39)32(13-2)41(49)50/h12,18,21,26-37,39-40,46-47,51H,1,13-17,19-20,22-25H2,2-11H3,(H,49,50)/t26-,27-,28+,29-,30-,31-,32?,33-,34+,35+,36+,37+,39?,40-,42-,43+,44-,45-/m0/s1. The first-order valence-corrected chi connectivity index (χ1v) is 21.9. The zero-order chi connectivity index (χ0) is 41.4. The van der Waals surface area contributed by atoms with E-state index in [0.29, 0.717) is 57.9 Å². The van der Waals surface area contributed by atoms with Gasteiger partial charge in [0.1, 0.15) is 5.78 Å². The van der Waals surface area contributed by atoms with Crippen molar-refractivity contribution in [3.05, 3.63) is 24.8 Å². The molecule has 0 aliphatic carbocycles. The number of aliphatic carboxylic acids is 1. The number of hydrogen-bond donors (Lipinski definition) is 4. The third-order valence-corrected chi connectivity index (χ3v) is 15.0. The molecule has 2 unspecified atom stereocenters. The van der Waals surface area contributed by atoms with Gasteiger partial charge in [0.25, 0.3) is 0 Å². The lowest BCUT2D eigenvalue weighted by Crippen LogP contribution is -2.65. The largest absolute Gasteiger partial charge is 0.481 e. The summed E-state index contributed by atoms with van der Waals surface area (Å²) in [4.78, 5) is 26.5. The second-order valence-electron chi connectivity index (χ2n) is 18.6. The Bertz CT molecular complexity index is 1410. The highest BCUT2D eigenvalue weighted by molar-refractivity contribution is 5.84. The van der Waals surface area contributed by atoms with E-state index in [1.54, 1.807) is 6.92 Å². The Morgan fingerprint density at radius 3 is 2.25 bits per heavy atom. The number of ether oxygens (including phenoxy) is 5. The van der Waals surface area contributed by atoms with Crippen LogP contribution in [0.4, 0.5) is 0 Å². The molecule has 11 nitrogen and oxygen atoms in total. The maximum atomic E-state index is 14.6. The van der Waals surface area contributed by atoms with Gasteiger partial charge in [-0.25, -0.2) is 0 Å². The third-order valence-electron chi connectivity index (χ3n) is 15.0. The molecule has 0 aromatic heterocycles. The number of carboxylic acid groups (broad SMARTS) is 1. The third kappa shape index (κ3) is 8.63. The number of carbonyl (C=O) groups is 2. The van der Waals surface area contributed by atoms with Crippen LogP contribution in [0, 0.1) is 41.4 Å². The molecule has 0 radical (unpaired) electrons. The molecule has 11 heteroatoms. The Kier molecular flexibility index (Phi) is 14.5. The first kappa shape index (κ1) is 45.4. The second-order valence-corrected chi connectivity index (χ2v) is 18.6.